The van der Waals surface area contributed by atoms with E-state index in [1.165, 1.54) is 16.3 Å². The minimum Gasteiger partial charge on any atom is -0.392 e. The summed E-state index contributed by atoms with van der Waals surface area (Å²) in [7, 11) is 2.17. The van der Waals surface area contributed by atoms with Crippen LogP contribution in [0.15, 0.2) is 146 Å². The molecule has 0 spiro atoms. The molecule has 0 aromatic heterocycles. The van der Waals surface area contributed by atoms with E-state index in [1.807, 2.05) is 54.6 Å². The van der Waals surface area contributed by atoms with Crippen LogP contribution in [0.5, 0.6) is 0 Å². The Morgan fingerprint density at radius 2 is 1.35 bits per heavy atom. The second-order valence-electron chi connectivity index (χ2n) is 14.4. The number of likely N-dealkylation sites (N-methyl/N-ethyl adjacent to an activating group) is 1. The van der Waals surface area contributed by atoms with E-state index in [0.717, 1.165) is 45.5 Å². The van der Waals surface area contributed by atoms with Gasteiger partial charge in [0.25, 0.3) is 0 Å². The third kappa shape index (κ3) is 8.89. The number of nitrogens with zero attached hydrogens (tertiary/aromatic N) is 1. The maximum Gasteiger partial charge on any atom is 0.315 e. The van der Waals surface area contributed by atoms with Crippen LogP contribution < -0.4 is 10.6 Å². The van der Waals surface area contributed by atoms with Gasteiger partial charge in [-0.1, -0.05) is 140 Å². The molecule has 6 aromatic rings. The fourth-order valence-corrected chi connectivity index (χ4v) is 7.21. The van der Waals surface area contributed by atoms with E-state index in [4.69, 9.17) is 9.47 Å². The van der Waals surface area contributed by atoms with Crippen LogP contribution >= 0.6 is 0 Å². The predicted octanol–water partition coefficient (Wildman–Crippen LogP) is 9.48. The van der Waals surface area contributed by atoms with E-state index in [9.17, 15) is 9.90 Å². The number of benzene rings is 6. The molecule has 7 rings (SSSR count). The van der Waals surface area contributed by atoms with Gasteiger partial charge < -0.3 is 25.2 Å². The Labute approximate surface area is 318 Å². The van der Waals surface area contributed by atoms with Gasteiger partial charge in [-0.2, -0.15) is 0 Å². The highest BCUT2D eigenvalue weighted by atomic mass is 16.7. The van der Waals surface area contributed by atoms with E-state index in [0.29, 0.717) is 13.1 Å². The Hall–Kier alpha value is -5.31. The predicted molar refractivity (Wildman–Crippen MR) is 215 cm³/mol. The average molecular weight is 720 g/mol. The van der Waals surface area contributed by atoms with Gasteiger partial charge in [0, 0.05) is 37.2 Å². The molecule has 54 heavy (non-hydrogen) atoms. The van der Waals surface area contributed by atoms with Crippen LogP contribution in [-0.2, 0) is 29.2 Å². The van der Waals surface area contributed by atoms with Gasteiger partial charge in [-0.3, -0.25) is 4.90 Å². The Balaban J connectivity index is 1.05. The number of carbonyl (C=O) groups is 1. The van der Waals surface area contributed by atoms with Crippen LogP contribution in [0.1, 0.15) is 65.7 Å². The number of urea groups is 1. The molecule has 0 bridgehead atoms. The normalized spacial score (nSPS) is 19.1. The number of hydrogen-bond acceptors (Lipinski definition) is 5. The van der Waals surface area contributed by atoms with Crippen LogP contribution in [0.25, 0.3) is 21.9 Å². The lowest BCUT2D eigenvalue weighted by molar-refractivity contribution is -0.276. The zero-order chi connectivity index (χ0) is 37.4. The van der Waals surface area contributed by atoms with E-state index in [2.05, 4.69) is 127 Å². The first-order valence-electron chi connectivity index (χ1n) is 18.8. The first-order valence-corrected chi connectivity index (χ1v) is 18.8. The Kier molecular flexibility index (Phi) is 11.8. The zero-order valence-corrected chi connectivity index (χ0v) is 31.2. The van der Waals surface area contributed by atoms with Crippen molar-refractivity contribution >= 4 is 16.8 Å². The lowest BCUT2D eigenvalue weighted by atomic mass is 9.89. The third-order valence-electron chi connectivity index (χ3n) is 10.7. The largest absolute Gasteiger partial charge is 0.392 e. The van der Waals surface area contributed by atoms with Gasteiger partial charge in [-0.05, 0) is 75.8 Å². The molecule has 0 saturated carbocycles. The second kappa shape index (κ2) is 17.2. The molecule has 7 nitrogen and oxygen atoms in total. The lowest BCUT2D eigenvalue weighted by Gasteiger charge is -2.43. The molecule has 1 aliphatic heterocycles. The number of aliphatic hydroxyl groups is 1. The minimum atomic E-state index is -0.558. The highest BCUT2D eigenvalue weighted by Crippen LogP contribution is 2.42. The third-order valence-corrected chi connectivity index (χ3v) is 10.7. The van der Waals surface area contributed by atoms with Crippen LogP contribution in [0.2, 0.25) is 0 Å². The fourth-order valence-electron chi connectivity index (χ4n) is 7.21. The molecule has 6 aromatic carbocycles. The number of ether oxygens (including phenoxy) is 2. The molecule has 7 heteroatoms. The summed E-state index contributed by atoms with van der Waals surface area (Å²) in [5.74, 6) is 0.0727. The van der Waals surface area contributed by atoms with Crippen molar-refractivity contribution in [2.75, 3.05) is 13.6 Å². The van der Waals surface area contributed by atoms with Gasteiger partial charge >= 0.3 is 6.03 Å². The van der Waals surface area contributed by atoms with Gasteiger partial charge in [-0.15, -0.1) is 0 Å². The van der Waals surface area contributed by atoms with Crippen LogP contribution in [0.3, 0.4) is 0 Å². The molecule has 2 amide bonds. The summed E-state index contributed by atoms with van der Waals surface area (Å²) in [5, 5.41) is 18.0. The SMILES string of the molecule is CC1C(CN(C)C(C)c2ccc3ccccc3c2)OC(c2ccc(-c3cccc(CNC(=O)NCc4ccccc4)c3)cc2)OC1c1ccc(CO)cc1. The van der Waals surface area contributed by atoms with Crippen molar-refractivity contribution in [3.05, 3.63) is 179 Å². The number of hydrogen-bond donors (Lipinski definition) is 3. The van der Waals surface area contributed by atoms with Crippen LogP contribution in [-0.4, -0.2) is 35.7 Å². The van der Waals surface area contributed by atoms with Gasteiger partial charge in [-0.25, -0.2) is 4.79 Å². The van der Waals surface area contributed by atoms with Crippen LogP contribution in [0, 0.1) is 5.92 Å². The molecule has 5 atom stereocenters. The molecule has 1 aliphatic rings. The molecule has 1 heterocycles. The summed E-state index contributed by atoms with van der Waals surface area (Å²) in [4.78, 5) is 14.8. The van der Waals surface area contributed by atoms with Gasteiger partial charge in [0.05, 0.1) is 18.8 Å². The van der Waals surface area contributed by atoms with Crippen molar-refractivity contribution in [3.63, 3.8) is 0 Å². The summed E-state index contributed by atoms with van der Waals surface area (Å²) in [6.07, 6.45) is -0.857. The standard InChI is InChI=1S/C47H49N3O4/c1-32-44(30-50(3)33(2)41-25-22-37-13-7-8-14-43(37)27-41)53-46(54-45(32)39-18-16-35(31-51)17-19-39)40-23-20-38(21-24-40)42-15-9-12-36(26-42)29-49-47(52)48-28-34-10-5-4-6-11-34/h4-27,32-33,44-46,51H,28-31H2,1-3H3,(H2,48,49,52). The smallest absolute Gasteiger partial charge is 0.315 e. The van der Waals surface area contributed by atoms with Crippen molar-refractivity contribution in [1.29, 1.82) is 0 Å². The van der Waals surface area contributed by atoms with Crippen molar-refractivity contribution in [1.82, 2.24) is 15.5 Å². The minimum absolute atomic E-state index is 0.00301. The fraction of sp³-hybridized carbons (Fsp3) is 0.255. The van der Waals surface area contributed by atoms with E-state index in [1.54, 1.807) is 0 Å². The maximum atomic E-state index is 12.5. The summed E-state index contributed by atoms with van der Waals surface area (Å²) >= 11 is 0. The Morgan fingerprint density at radius 1 is 0.685 bits per heavy atom. The second-order valence-corrected chi connectivity index (χ2v) is 14.4. The molecule has 1 saturated heterocycles. The number of rotatable bonds is 12. The average Bonchev–Trinajstić information content (AvgIpc) is 3.23. The first-order chi connectivity index (χ1) is 26.3. The molecule has 1 fully saturated rings. The molecule has 0 aliphatic carbocycles. The zero-order valence-electron chi connectivity index (χ0n) is 31.2. The molecular formula is C47H49N3O4. The molecule has 5 unspecified atom stereocenters. The van der Waals surface area contributed by atoms with Crippen LogP contribution in [0.4, 0.5) is 4.79 Å². The number of aliphatic hydroxyl groups excluding tert-OH is 1. The van der Waals surface area contributed by atoms with Crippen molar-refractivity contribution in [2.24, 2.45) is 5.92 Å². The molecule has 0 radical (unpaired) electrons. The lowest BCUT2D eigenvalue weighted by Crippen LogP contribution is -2.44. The van der Waals surface area contributed by atoms with Gasteiger partial charge in [0.15, 0.2) is 6.29 Å². The van der Waals surface area contributed by atoms with E-state index in [-0.39, 0.29) is 36.8 Å². The molecular weight excluding hydrogens is 671 g/mol. The monoisotopic (exact) mass is 719 g/mol. The summed E-state index contributed by atoms with van der Waals surface area (Å²) in [6, 6.07) is 49.7. The first kappa shape index (κ1) is 37.0. The Bertz CT molecular complexity index is 2140. The quantitative estimate of drug-likeness (QED) is 0.117. The summed E-state index contributed by atoms with van der Waals surface area (Å²) < 4.78 is 13.6. The number of amides is 2. The molecule has 276 valence electrons. The highest BCUT2D eigenvalue weighted by Gasteiger charge is 2.39. The summed E-state index contributed by atoms with van der Waals surface area (Å²) in [6.45, 7) is 6.08. The van der Waals surface area contributed by atoms with Crippen molar-refractivity contribution in [3.8, 4) is 11.1 Å². The summed E-state index contributed by atoms with van der Waals surface area (Å²) in [5.41, 5.74) is 8.36. The number of nitrogens with one attached hydrogen (secondary N) is 2. The van der Waals surface area contributed by atoms with Crippen molar-refractivity contribution < 1.29 is 19.4 Å². The highest BCUT2D eigenvalue weighted by molar-refractivity contribution is 5.83. The van der Waals surface area contributed by atoms with E-state index < -0.39 is 6.29 Å². The molecule has 3 N–H and O–H groups in total. The maximum absolute atomic E-state index is 12.5. The van der Waals surface area contributed by atoms with E-state index >= 15 is 0 Å². The van der Waals surface area contributed by atoms with Crippen molar-refractivity contribution in [2.45, 2.75) is 58.1 Å². The number of carbonyl (C=O) groups excluding carboxylic acids is 1. The topological polar surface area (TPSA) is 83.1 Å². The Morgan fingerprint density at radius 3 is 2.09 bits per heavy atom. The number of fused-ring (bicyclic) bond motifs is 1. The van der Waals surface area contributed by atoms with Gasteiger partial charge in [0.1, 0.15) is 0 Å². The van der Waals surface area contributed by atoms with Gasteiger partial charge in [0.2, 0.25) is 0 Å².